The summed E-state index contributed by atoms with van der Waals surface area (Å²) in [4.78, 5) is 24.0. The highest BCUT2D eigenvalue weighted by atomic mass is 16.5. The van der Waals surface area contributed by atoms with Crippen LogP contribution in [-0.4, -0.2) is 22.8 Å². The van der Waals surface area contributed by atoms with E-state index in [-0.39, 0.29) is 12.4 Å². The van der Waals surface area contributed by atoms with Gasteiger partial charge < -0.3 is 14.5 Å². The van der Waals surface area contributed by atoms with Crippen LogP contribution in [0.25, 0.3) is 11.5 Å². The van der Waals surface area contributed by atoms with E-state index in [2.05, 4.69) is 10.4 Å². The molecule has 1 heterocycles. The molecular weight excluding hydrogens is 310 g/mol. The minimum atomic E-state index is -0.691. The highest BCUT2D eigenvalue weighted by molar-refractivity contribution is 5.92. The first-order valence-electron chi connectivity index (χ1n) is 7.23. The lowest BCUT2D eigenvalue weighted by atomic mass is 10.2. The zero-order valence-electron chi connectivity index (χ0n) is 12.9. The van der Waals surface area contributed by atoms with Crippen molar-refractivity contribution in [2.24, 2.45) is 0 Å². The number of hydrogen-bond acceptors (Lipinski definition) is 5. The zero-order valence-corrected chi connectivity index (χ0v) is 12.9. The molecular formula is C17H15N3O4. The van der Waals surface area contributed by atoms with Gasteiger partial charge in [-0.25, -0.2) is 4.79 Å². The summed E-state index contributed by atoms with van der Waals surface area (Å²) in [5.41, 5.74) is 1.18. The second-order valence-electron chi connectivity index (χ2n) is 4.95. The summed E-state index contributed by atoms with van der Waals surface area (Å²) in [5, 5.41) is 6.73. The van der Waals surface area contributed by atoms with Crippen molar-refractivity contribution in [2.45, 2.75) is 6.54 Å². The van der Waals surface area contributed by atoms with E-state index in [4.69, 9.17) is 9.15 Å². The molecule has 1 aromatic heterocycles. The van der Waals surface area contributed by atoms with Crippen molar-refractivity contribution in [3.63, 3.8) is 0 Å². The van der Waals surface area contributed by atoms with Gasteiger partial charge >= 0.3 is 5.76 Å². The Morgan fingerprint density at radius 2 is 1.88 bits per heavy atom. The molecule has 2 aromatic carbocycles. The summed E-state index contributed by atoms with van der Waals surface area (Å²) in [5.74, 6) is -0.396. The van der Waals surface area contributed by atoms with Crippen molar-refractivity contribution < 1.29 is 13.9 Å². The van der Waals surface area contributed by atoms with E-state index in [1.165, 1.54) is 7.11 Å². The lowest BCUT2D eigenvalue weighted by Crippen LogP contribution is -2.26. The molecule has 0 aliphatic carbocycles. The van der Waals surface area contributed by atoms with Crippen molar-refractivity contribution in [1.29, 1.82) is 0 Å². The quantitative estimate of drug-likeness (QED) is 0.777. The van der Waals surface area contributed by atoms with E-state index < -0.39 is 11.7 Å². The second-order valence-corrected chi connectivity index (χ2v) is 4.95. The molecule has 3 aromatic rings. The molecule has 0 saturated heterocycles. The number of nitrogens with zero attached hydrogens (tertiary/aromatic N) is 2. The molecule has 7 nitrogen and oxygen atoms in total. The van der Waals surface area contributed by atoms with Crippen molar-refractivity contribution in [3.8, 4) is 17.2 Å². The van der Waals surface area contributed by atoms with Crippen LogP contribution >= 0.6 is 0 Å². The Hall–Kier alpha value is -3.35. The number of carbonyl (C=O) groups excluding carboxylic acids is 1. The molecule has 7 heteroatoms. The van der Waals surface area contributed by atoms with Gasteiger partial charge in [0.15, 0.2) is 0 Å². The van der Waals surface area contributed by atoms with Crippen LogP contribution in [0, 0.1) is 0 Å². The summed E-state index contributed by atoms with van der Waals surface area (Å²) >= 11 is 0. The van der Waals surface area contributed by atoms with Gasteiger partial charge in [-0.3, -0.25) is 4.79 Å². The summed E-state index contributed by atoms with van der Waals surface area (Å²) in [6, 6.07) is 16.0. The number of ether oxygens (including phenoxy) is 1. The van der Waals surface area contributed by atoms with Crippen LogP contribution in [0.3, 0.4) is 0 Å². The molecule has 0 aliphatic rings. The minimum Gasteiger partial charge on any atom is -0.495 e. The van der Waals surface area contributed by atoms with Crippen LogP contribution in [-0.2, 0) is 11.3 Å². The van der Waals surface area contributed by atoms with Gasteiger partial charge in [-0.1, -0.05) is 30.3 Å². The fourth-order valence-electron chi connectivity index (χ4n) is 2.18. The van der Waals surface area contributed by atoms with Gasteiger partial charge in [-0.05, 0) is 24.3 Å². The number of para-hydroxylation sites is 2. The van der Waals surface area contributed by atoms with Crippen LogP contribution < -0.4 is 15.8 Å². The molecule has 0 radical (unpaired) electrons. The Morgan fingerprint density at radius 1 is 1.17 bits per heavy atom. The smallest absolute Gasteiger partial charge is 0.437 e. The van der Waals surface area contributed by atoms with Gasteiger partial charge in [0.2, 0.25) is 11.8 Å². The van der Waals surface area contributed by atoms with Gasteiger partial charge in [0.05, 0.1) is 12.8 Å². The van der Waals surface area contributed by atoms with Crippen LogP contribution in [0.4, 0.5) is 5.69 Å². The Labute approximate surface area is 137 Å². The maximum absolute atomic E-state index is 12.1. The predicted molar refractivity (Wildman–Crippen MR) is 87.8 cm³/mol. The second kappa shape index (κ2) is 6.82. The van der Waals surface area contributed by atoms with Crippen molar-refractivity contribution in [1.82, 2.24) is 9.78 Å². The number of rotatable bonds is 5. The number of nitrogens with one attached hydrogen (secondary N) is 1. The average molecular weight is 325 g/mol. The van der Waals surface area contributed by atoms with E-state index in [9.17, 15) is 9.59 Å². The fraction of sp³-hybridized carbons (Fsp3) is 0.118. The third-order valence-electron chi connectivity index (χ3n) is 3.30. The SMILES string of the molecule is COc1ccccc1NC(=O)Cn1nc(-c2ccccc2)oc1=O. The number of carbonyl (C=O) groups is 1. The topological polar surface area (TPSA) is 86.4 Å². The molecule has 122 valence electrons. The molecule has 24 heavy (non-hydrogen) atoms. The molecule has 0 saturated carbocycles. The van der Waals surface area contributed by atoms with Gasteiger partial charge in [0.25, 0.3) is 0 Å². The number of benzene rings is 2. The monoisotopic (exact) mass is 325 g/mol. The number of methoxy groups -OCH3 is 1. The zero-order chi connectivity index (χ0) is 16.9. The summed E-state index contributed by atoms with van der Waals surface area (Å²) in [6.07, 6.45) is 0. The Bertz CT molecular complexity index is 899. The lowest BCUT2D eigenvalue weighted by molar-refractivity contribution is -0.117. The van der Waals surface area contributed by atoms with Gasteiger partial charge in [0, 0.05) is 5.56 Å². The first-order valence-corrected chi connectivity index (χ1v) is 7.23. The number of aromatic nitrogens is 2. The summed E-state index contributed by atoms with van der Waals surface area (Å²) < 4.78 is 11.2. The fourth-order valence-corrected chi connectivity index (χ4v) is 2.18. The van der Waals surface area contributed by atoms with Gasteiger partial charge in [-0.15, -0.1) is 5.10 Å². The largest absolute Gasteiger partial charge is 0.495 e. The molecule has 0 unspecified atom stereocenters. The van der Waals surface area contributed by atoms with Crippen molar-refractivity contribution in [2.75, 3.05) is 12.4 Å². The predicted octanol–water partition coefficient (Wildman–Crippen LogP) is 2.15. The Morgan fingerprint density at radius 3 is 2.62 bits per heavy atom. The van der Waals surface area contributed by atoms with Gasteiger partial charge in [0.1, 0.15) is 12.3 Å². The number of amides is 1. The number of anilines is 1. The van der Waals surface area contributed by atoms with Crippen LogP contribution in [0.1, 0.15) is 0 Å². The molecule has 0 atom stereocenters. The van der Waals surface area contributed by atoms with Crippen LogP contribution in [0.5, 0.6) is 5.75 Å². The molecule has 0 aliphatic heterocycles. The van der Waals surface area contributed by atoms with Crippen LogP contribution in [0.2, 0.25) is 0 Å². The Kier molecular flexibility index (Phi) is 4.42. The summed E-state index contributed by atoms with van der Waals surface area (Å²) in [6.45, 7) is -0.257. The van der Waals surface area contributed by atoms with Crippen molar-refractivity contribution in [3.05, 3.63) is 65.1 Å². The first kappa shape index (κ1) is 15.5. The van der Waals surface area contributed by atoms with E-state index in [1.807, 2.05) is 18.2 Å². The lowest BCUT2D eigenvalue weighted by Gasteiger charge is -2.09. The molecule has 1 N–H and O–H groups in total. The van der Waals surface area contributed by atoms with E-state index >= 15 is 0 Å². The maximum Gasteiger partial charge on any atom is 0.437 e. The molecule has 0 spiro atoms. The normalized spacial score (nSPS) is 10.4. The molecule has 0 bridgehead atoms. The third-order valence-corrected chi connectivity index (χ3v) is 3.30. The van der Waals surface area contributed by atoms with E-state index in [1.54, 1.807) is 36.4 Å². The standard InChI is InChI=1S/C17H15N3O4/c1-23-14-10-6-5-9-13(14)18-15(21)11-20-17(22)24-16(19-20)12-7-3-2-4-8-12/h2-10H,11H2,1H3,(H,18,21). The first-order chi connectivity index (χ1) is 11.7. The number of hydrogen-bond donors (Lipinski definition) is 1. The highest BCUT2D eigenvalue weighted by Gasteiger charge is 2.14. The average Bonchev–Trinajstić information content (AvgIpc) is 2.97. The van der Waals surface area contributed by atoms with E-state index in [0.29, 0.717) is 17.0 Å². The maximum atomic E-state index is 12.1. The molecule has 3 rings (SSSR count). The molecule has 0 fully saturated rings. The van der Waals surface area contributed by atoms with E-state index in [0.717, 1.165) is 4.68 Å². The van der Waals surface area contributed by atoms with Crippen LogP contribution in [0.15, 0.2) is 63.8 Å². The van der Waals surface area contributed by atoms with Crippen molar-refractivity contribution >= 4 is 11.6 Å². The third kappa shape index (κ3) is 3.35. The highest BCUT2D eigenvalue weighted by Crippen LogP contribution is 2.22. The minimum absolute atomic E-state index is 0.172. The summed E-state index contributed by atoms with van der Waals surface area (Å²) in [7, 11) is 1.51. The molecule has 1 amide bonds. The Balaban J connectivity index is 1.75. The van der Waals surface area contributed by atoms with Gasteiger partial charge in [-0.2, -0.15) is 4.68 Å².